The van der Waals surface area contributed by atoms with Crippen LogP contribution in [0, 0.1) is 4.77 Å². The summed E-state index contributed by atoms with van der Waals surface area (Å²) >= 11 is 5.55. The molecule has 2 aromatic carbocycles. The molecule has 0 fully saturated rings. The van der Waals surface area contributed by atoms with E-state index in [1.807, 2.05) is 70.1 Å². The lowest BCUT2D eigenvalue weighted by molar-refractivity contribution is -0.142. The van der Waals surface area contributed by atoms with Gasteiger partial charge in [0.25, 0.3) is 0 Å². The molecule has 0 spiro atoms. The number of carbonyl (C=O) groups excluding carboxylic acids is 1. The molecule has 0 saturated carbocycles. The van der Waals surface area contributed by atoms with Gasteiger partial charge in [0.05, 0.1) is 20.3 Å². The van der Waals surface area contributed by atoms with Gasteiger partial charge in [0.2, 0.25) is 4.77 Å². The number of para-hydroxylation sites is 1. The maximum absolute atomic E-state index is 11.8. The van der Waals surface area contributed by atoms with Gasteiger partial charge in [-0.3, -0.25) is 14.3 Å². The first-order valence-corrected chi connectivity index (χ1v) is 8.61. The van der Waals surface area contributed by atoms with E-state index in [4.69, 9.17) is 17.0 Å². The van der Waals surface area contributed by atoms with Gasteiger partial charge in [-0.15, -0.1) is 0 Å². The first kappa shape index (κ1) is 18.0. The SMILES string of the molecule is COC(=O)CN(Cc1ccccc1)Cn1ncn(-c2ccccc2)c1=S. The van der Waals surface area contributed by atoms with Crippen LogP contribution in [-0.2, 0) is 22.7 Å². The largest absolute Gasteiger partial charge is 0.468 e. The molecule has 0 aliphatic rings. The van der Waals surface area contributed by atoms with E-state index < -0.39 is 0 Å². The summed E-state index contributed by atoms with van der Waals surface area (Å²) in [4.78, 5) is 13.7. The lowest BCUT2D eigenvalue weighted by atomic mass is 10.2. The smallest absolute Gasteiger partial charge is 0.319 e. The minimum Gasteiger partial charge on any atom is -0.468 e. The van der Waals surface area contributed by atoms with Crippen LogP contribution in [0.25, 0.3) is 5.69 Å². The normalized spacial score (nSPS) is 10.8. The highest BCUT2D eigenvalue weighted by molar-refractivity contribution is 7.71. The lowest BCUT2D eigenvalue weighted by Gasteiger charge is -2.20. The van der Waals surface area contributed by atoms with E-state index in [9.17, 15) is 4.79 Å². The molecule has 7 heteroatoms. The molecule has 0 bridgehead atoms. The van der Waals surface area contributed by atoms with Crippen molar-refractivity contribution in [1.29, 1.82) is 0 Å². The van der Waals surface area contributed by atoms with Gasteiger partial charge in [0.1, 0.15) is 6.33 Å². The van der Waals surface area contributed by atoms with E-state index in [0.717, 1.165) is 11.3 Å². The number of hydrogen-bond donors (Lipinski definition) is 0. The van der Waals surface area contributed by atoms with Crippen molar-refractivity contribution < 1.29 is 9.53 Å². The Morgan fingerprint density at radius 2 is 1.77 bits per heavy atom. The second-order valence-electron chi connectivity index (χ2n) is 5.81. The van der Waals surface area contributed by atoms with Crippen LogP contribution in [0.5, 0.6) is 0 Å². The summed E-state index contributed by atoms with van der Waals surface area (Å²) in [6.45, 7) is 1.14. The van der Waals surface area contributed by atoms with E-state index in [1.165, 1.54) is 7.11 Å². The highest BCUT2D eigenvalue weighted by atomic mass is 32.1. The second-order valence-corrected chi connectivity index (χ2v) is 6.17. The van der Waals surface area contributed by atoms with E-state index in [2.05, 4.69) is 5.10 Å². The molecule has 3 rings (SSSR count). The Morgan fingerprint density at radius 3 is 2.42 bits per heavy atom. The number of aromatic nitrogens is 3. The molecule has 0 aliphatic carbocycles. The maximum Gasteiger partial charge on any atom is 0.319 e. The topological polar surface area (TPSA) is 52.3 Å². The van der Waals surface area contributed by atoms with Crippen molar-refractivity contribution >= 4 is 18.2 Å². The third-order valence-corrected chi connectivity index (χ3v) is 4.34. The zero-order chi connectivity index (χ0) is 18.4. The minimum absolute atomic E-state index is 0.158. The molecule has 0 aliphatic heterocycles. The van der Waals surface area contributed by atoms with Crippen molar-refractivity contribution in [3.63, 3.8) is 0 Å². The molecule has 0 saturated heterocycles. The molecule has 134 valence electrons. The van der Waals surface area contributed by atoms with E-state index in [0.29, 0.717) is 18.0 Å². The van der Waals surface area contributed by atoms with Crippen molar-refractivity contribution in [3.05, 3.63) is 77.3 Å². The van der Waals surface area contributed by atoms with Gasteiger partial charge in [-0.1, -0.05) is 48.5 Å². The number of nitrogens with zero attached hydrogens (tertiary/aromatic N) is 4. The van der Waals surface area contributed by atoms with Crippen LogP contribution >= 0.6 is 12.2 Å². The maximum atomic E-state index is 11.8. The number of ether oxygens (including phenoxy) is 1. The zero-order valence-corrected chi connectivity index (χ0v) is 15.3. The van der Waals surface area contributed by atoms with Crippen LogP contribution in [0.2, 0.25) is 0 Å². The van der Waals surface area contributed by atoms with Crippen molar-refractivity contribution in [1.82, 2.24) is 19.2 Å². The minimum atomic E-state index is -0.296. The molecule has 3 aromatic rings. The number of carbonyl (C=O) groups is 1. The quantitative estimate of drug-likeness (QED) is 0.474. The first-order chi connectivity index (χ1) is 12.7. The van der Waals surface area contributed by atoms with Crippen LogP contribution in [0.4, 0.5) is 0 Å². The molecule has 0 atom stereocenters. The van der Waals surface area contributed by atoms with E-state index in [1.54, 1.807) is 11.0 Å². The molecule has 1 aromatic heterocycles. The van der Waals surface area contributed by atoms with Crippen LogP contribution in [0.3, 0.4) is 0 Å². The van der Waals surface area contributed by atoms with Gasteiger partial charge < -0.3 is 4.74 Å². The summed E-state index contributed by atoms with van der Waals surface area (Å²) in [5.74, 6) is -0.296. The first-order valence-electron chi connectivity index (χ1n) is 8.20. The van der Waals surface area contributed by atoms with E-state index in [-0.39, 0.29) is 12.5 Å². The Hall–Kier alpha value is -2.77. The van der Waals surface area contributed by atoms with Gasteiger partial charge in [0, 0.05) is 12.2 Å². The van der Waals surface area contributed by atoms with Crippen LogP contribution < -0.4 is 0 Å². The van der Waals surface area contributed by atoms with Crippen LogP contribution in [0.1, 0.15) is 5.56 Å². The molecule has 0 unspecified atom stereocenters. The predicted molar refractivity (Wildman–Crippen MR) is 101 cm³/mol. The summed E-state index contributed by atoms with van der Waals surface area (Å²) < 4.78 is 8.93. The fraction of sp³-hybridized carbons (Fsp3) is 0.211. The second kappa shape index (κ2) is 8.55. The molecular formula is C19H20N4O2S. The summed E-state index contributed by atoms with van der Waals surface area (Å²) in [5, 5.41) is 4.39. The third-order valence-electron chi connectivity index (χ3n) is 3.93. The average Bonchev–Trinajstić information content (AvgIpc) is 3.03. The molecule has 1 heterocycles. The van der Waals surface area contributed by atoms with Crippen molar-refractivity contribution in [2.45, 2.75) is 13.2 Å². The van der Waals surface area contributed by atoms with Gasteiger partial charge in [-0.05, 0) is 29.9 Å². The third kappa shape index (κ3) is 4.44. The van der Waals surface area contributed by atoms with Crippen molar-refractivity contribution in [2.24, 2.45) is 0 Å². The Morgan fingerprint density at radius 1 is 1.12 bits per heavy atom. The number of rotatable bonds is 7. The van der Waals surface area contributed by atoms with Gasteiger partial charge >= 0.3 is 5.97 Å². The Bertz CT molecular complexity index is 906. The molecule has 0 radical (unpaired) electrons. The fourth-order valence-corrected chi connectivity index (χ4v) is 2.89. The van der Waals surface area contributed by atoms with Crippen molar-refractivity contribution in [3.8, 4) is 5.69 Å². The molecule has 0 N–H and O–H groups in total. The Kier molecular flexibility index (Phi) is 5.93. The standard InChI is InChI=1S/C19H20N4O2S/c1-25-18(24)13-21(12-16-8-4-2-5-9-16)15-23-19(26)22(14-20-23)17-10-6-3-7-11-17/h2-11,14H,12-13,15H2,1H3. The molecular weight excluding hydrogens is 348 g/mol. The average molecular weight is 368 g/mol. The number of esters is 1. The highest BCUT2D eigenvalue weighted by Crippen LogP contribution is 2.10. The Balaban J connectivity index is 1.81. The summed E-state index contributed by atoms with van der Waals surface area (Å²) in [6, 6.07) is 19.7. The molecule has 0 amide bonds. The lowest BCUT2D eigenvalue weighted by Crippen LogP contribution is -2.32. The van der Waals surface area contributed by atoms with Crippen LogP contribution in [0.15, 0.2) is 67.0 Å². The number of benzene rings is 2. The molecule has 6 nitrogen and oxygen atoms in total. The van der Waals surface area contributed by atoms with Crippen molar-refractivity contribution in [2.75, 3.05) is 13.7 Å². The molecule has 26 heavy (non-hydrogen) atoms. The van der Waals surface area contributed by atoms with E-state index >= 15 is 0 Å². The van der Waals surface area contributed by atoms with Gasteiger partial charge in [0.15, 0.2) is 0 Å². The highest BCUT2D eigenvalue weighted by Gasteiger charge is 2.14. The summed E-state index contributed by atoms with van der Waals surface area (Å²) in [6.07, 6.45) is 1.69. The number of hydrogen-bond acceptors (Lipinski definition) is 5. The van der Waals surface area contributed by atoms with Gasteiger partial charge in [-0.2, -0.15) is 5.10 Å². The van der Waals surface area contributed by atoms with Crippen LogP contribution in [-0.4, -0.2) is 38.9 Å². The summed E-state index contributed by atoms with van der Waals surface area (Å²) in [7, 11) is 1.39. The summed E-state index contributed by atoms with van der Waals surface area (Å²) in [5.41, 5.74) is 2.05. The zero-order valence-electron chi connectivity index (χ0n) is 14.5. The predicted octanol–water partition coefficient (Wildman–Crippen LogP) is 3.04. The monoisotopic (exact) mass is 368 g/mol. The Labute approximate surface area is 157 Å². The van der Waals surface area contributed by atoms with Gasteiger partial charge in [-0.25, -0.2) is 4.68 Å². The fourth-order valence-electron chi connectivity index (χ4n) is 2.63. The number of methoxy groups -OCH3 is 1.